The van der Waals surface area contributed by atoms with E-state index < -0.39 is 16.1 Å². The minimum absolute atomic E-state index is 0.130. The normalized spacial score (nSPS) is 20.1. The number of amides is 2. The summed E-state index contributed by atoms with van der Waals surface area (Å²) in [5.74, 6) is -0.865. The van der Waals surface area contributed by atoms with Crippen molar-refractivity contribution in [2.45, 2.75) is 25.7 Å². The molecule has 2 aliphatic heterocycles. The van der Waals surface area contributed by atoms with Gasteiger partial charge in [-0.05, 0) is 25.0 Å². The fourth-order valence-corrected chi connectivity index (χ4v) is 5.42. The fraction of sp³-hybridized carbons (Fsp3) is 0.579. The van der Waals surface area contributed by atoms with E-state index in [4.69, 9.17) is 5.73 Å². The lowest BCUT2D eigenvalue weighted by Gasteiger charge is -2.36. The number of benzene rings is 1. The quantitative estimate of drug-likeness (QED) is 0.690. The summed E-state index contributed by atoms with van der Waals surface area (Å²) >= 11 is 0. The number of primary amides is 1. The van der Waals surface area contributed by atoms with Crippen molar-refractivity contribution >= 4 is 27.7 Å². The average Bonchev–Trinajstić information content (AvgIpc) is 2.99. The molecule has 0 bridgehead atoms. The van der Waals surface area contributed by atoms with Crippen LogP contribution in [-0.2, 0) is 15.0 Å². The van der Waals surface area contributed by atoms with Crippen LogP contribution in [0.2, 0.25) is 0 Å². The van der Waals surface area contributed by atoms with E-state index in [1.54, 1.807) is 28.6 Å². The number of piperazine rings is 1. The molecular formula is C19H29N5O4S. The lowest BCUT2D eigenvalue weighted by Crippen LogP contribution is -2.54. The van der Waals surface area contributed by atoms with Crippen molar-refractivity contribution in [3.63, 3.8) is 0 Å². The van der Waals surface area contributed by atoms with Crippen LogP contribution in [0.3, 0.4) is 0 Å². The fourth-order valence-electron chi connectivity index (χ4n) is 3.75. The van der Waals surface area contributed by atoms with Crippen molar-refractivity contribution < 1.29 is 18.0 Å². The van der Waals surface area contributed by atoms with Crippen molar-refractivity contribution in [3.05, 3.63) is 29.8 Å². The maximum atomic E-state index is 12.9. The van der Waals surface area contributed by atoms with Gasteiger partial charge in [-0.3, -0.25) is 14.5 Å². The number of para-hydroxylation sites is 1. The first kappa shape index (κ1) is 21.7. The minimum atomic E-state index is -3.44. The van der Waals surface area contributed by atoms with E-state index in [0.717, 1.165) is 25.7 Å². The van der Waals surface area contributed by atoms with E-state index in [-0.39, 0.29) is 18.0 Å². The first-order valence-corrected chi connectivity index (χ1v) is 11.4. The Labute approximate surface area is 172 Å². The third kappa shape index (κ3) is 5.53. The van der Waals surface area contributed by atoms with Crippen LogP contribution in [0.25, 0.3) is 0 Å². The number of nitrogens with two attached hydrogens (primary N) is 1. The van der Waals surface area contributed by atoms with Gasteiger partial charge in [-0.1, -0.05) is 25.0 Å². The van der Waals surface area contributed by atoms with Gasteiger partial charge in [-0.2, -0.15) is 17.0 Å². The molecule has 0 radical (unpaired) electrons. The molecule has 3 N–H and O–H groups in total. The van der Waals surface area contributed by atoms with Gasteiger partial charge >= 0.3 is 0 Å². The van der Waals surface area contributed by atoms with Crippen molar-refractivity contribution in [2.75, 3.05) is 51.1 Å². The molecule has 29 heavy (non-hydrogen) atoms. The van der Waals surface area contributed by atoms with Crippen LogP contribution in [0, 0.1) is 0 Å². The molecule has 0 atom stereocenters. The molecule has 0 unspecified atom stereocenters. The average molecular weight is 424 g/mol. The van der Waals surface area contributed by atoms with E-state index in [0.29, 0.717) is 45.0 Å². The van der Waals surface area contributed by atoms with Crippen LogP contribution in [0.4, 0.5) is 5.69 Å². The van der Waals surface area contributed by atoms with E-state index >= 15 is 0 Å². The maximum Gasteiger partial charge on any atom is 0.282 e. The van der Waals surface area contributed by atoms with Gasteiger partial charge in [0.05, 0.1) is 17.8 Å². The monoisotopic (exact) mass is 423 g/mol. The van der Waals surface area contributed by atoms with Crippen molar-refractivity contribution in [2.24, 2.45) is 5.73 Å². The molecule has 2 aliphatic rings. The summed E-state index contributed by atoms with van der Waals surface area (Å²) < 4.78 is 28.9. The number of nitrogens with zero attached hydrogens (tertiary/aromatic N) is 3. The highest BCUT2D eigenvalue weighted by molar-refractivity contribution is 7.86. The maximum absolute atomic E-state index is 12.9. The molecule has 9 nitrogen and oxygen atoms in total. The number of hydrogen-bond acceptors (Lipinski definition) is 5. The Balaban J connectivity index is 1.52. The molecule has 1 aromatic rings. The minimum Gasteiger partial charge on any atom is -0.366 e. The van der Waals surface area contributed by atoms with Crippen LogP contribution in [0.1, 0.15) is 36.0 Å². The number of rotatable bonds is 6. The number of carbonyl (C=O) groups excluding carboxylic acids is 2. The summed E-state index contributed by atoms with van der Waals surface area (Å²) in [5.41, 5.74) is 5.98. The second kappa shape index (κ2) is 9.66. The van der Waals surface area contributed by atoms with Crippen molar-refractivity contribution in [3.8, 4) is 0 Å². The summed E-state index contributed by atoms with van der Waals surface area (Å²) in [6.07, 6.45) is 3.97. The predicted octanol–water partition coefficient (Wildman–Crippen LogP) is 0.462. The van der Waals surface area contributed by atoms with E-state index in [2.05, 4.69) is 5.32 Å². The van der Waals surface area contributed by atoms with Gasteiger partial charge in [0, 0.05) is 39.3 Å². The third-order valence-electron chi connectivity index (χ3n) is 5.38. The Morgan fingerprint density at radius 1 is 0.897 bits per heavy atom. The standard InChI is InChI=1S/C19H29N5O4S/c20-19(26)16-7-3-4-8-17(16)21-18(25)15-22-11-13-24(14-12-22)29(27,28)23-9-5-1-2-6-10-23/h3-4,7-8H,1-2,5-6,9-15H2,(H2,20,26)(H,21,25). The molecule has 1 aromatic carbocycles. The Morgan fingerprint density at radius 2 is 1.48 bits per heavy atom. The van der Waals surface area contributed by atoms with Crippen LogP contribution < -0.4 is 11.1 Å². The highest BCUT2D eigenvalue weighted by Gasteiger charge is 2.32. The van der Waals surface area contributed by atoms with Crippen LogP contribution >= 0.6 is 0 Å². The second-order valence-electron chi connectivity index (χ2n) is 7.45. The van der Waals surface area contributed by atoms with E-state index in [9.17, 15) is 18.0 Å². The lowest BCUT2D eigenvalue weighted by molar-refractivity contribution is -0.117. The molecule has 10 heteroatoms. The van der Waals surface area contributed by atoms with Crippen LogP contribution in [0.5, 0.6) is 0 Å². The molecular weight excluding hydrogens is 394 g/mol. The highest BCUT2D eigenvalue weighted by atomic mass is 32.2. The Kier molecular flexibility index (Phi) is 7.23. The second-order valence-corrected chi connectivity index (χ2v) is 9.38. The molecule has 2 fully saturated rings. The zero-order chi connectivity index (χ0) is 20.9. The van der Waals surface area contributed by atoms with Crippen LogP contribution in [-0.4, -0.2) is 79.6 Å². The summed E-state index contributed by atoms with van der Waals surface area (Å²) in [4.78, 5) is 25.8. The number of anilines is 1. The Hall–Kier alpha value is -2.01. The van der Waals surface area contributed by atoms with Crippen molar-refractivity contribution in [1.82, 2.24) is 13.5 Å². The summed E-state index contributed by atoms with van der Waals surface area (Å²) in [7, 11) is -3.44. The van der Waals surface area contributed by atoms with Gasteiger partial charge in [0.25, 0.3) is 16.1 Å². The first-order chi connectivity index (χ1) is 13.9. The predicted molar refractivity (Wildman–Crippen MR) is 111 cm³/mol. The van der Waals surface area contributed by atoms with Gasteiger partial charge in [-0.25, -0.2) is 0 Å². The van der Waals surface area contributed by atoms with Gasteiger partial charge in [0.2, 0.25) is 5.91 Å². The topological polar surface area (TPSA) is 116 Å². The first-order valence-electron chi connectivity index (χ1n) is 10.0. The largest absolute Gasteiger partial charge is 0.366 e. The van der Waals surface area contributed by atoms with Gasteiger partial charge < -0.3 is 11.1 Å². The van der Waals surface area contributed by atoms with Gasteiger partial charge in [0.1, 0.15) is 0 Å². The molecule has 0 aliphatic carbocycles. The van der Waals surface area contributed by atoms with E-state index in [1.807, 2.05) is 4.90 Å². The van der Waals surface area contributed by atoms with Crippen molar-refractivity contribution in [1.29, 1.82) is 0 Å². The molecule has 160 valence electrons. The number of carbonyl (C=O) groups is 2. The molecule has 0 aromatic heterocycles. The van der Waals surface area contributed by atoms with Gasteiger partial charge in [-0.15, -0.1) is 0 Å². The molecule has 2 heterocycles. The SMILES string of the molecule is NC(=O)c1ccccc1NC(=O)CN1CCN(S(=O)(=O)N2CCCCCC2)CC1. The Morgan fingerprint density at radius 3 is 2.10 bits per heavy atom. The summed E-state index contributed by atoms with van der Waals surface area (Å²) in [6.45, 7) is 3.00. The third-order valence-corrected chi connectivity index (χ3v) is 7.42. The van der Waals surface area contributed by atoms with E-state index in [1.165, 1.54) is 4.31 Å². The summed E-state index contributed by atoms with van der Waals surface area (Å²) in [5, 5.41) is 2.72. The number of nitrogens with one attached hydrogen (secondary N) is 1. The smallest absolute Gasteiger partial charge is 0.282 e. The molecule has 0 spiro atoms. The zero-order valence-corrected chi connectivity index (χ0v) is 17.4. The zero-order valence-electron chi connectivity index (χ0n) is 16.5. The lowest BCUT2D eigenvalue weighted by atomic mass is 10.1. The van der Waals surface area contributed by atoms with Gasteiger partial charge in [0.15, 0.2) is 0 Å². The molecule has 2 saturated heterocycles. The van der Waals surface area contributed by atoms with Crippen LogP contribution in [0.15, 0.2) is 24.3 Å². The molecule has 0 saturated carbocycles. The summed E-state index contributed by atoms with van der Waals surface area (Å²) in [6, 6.07) is 6.59. The Bertz CT molecular complexity index is 829. The highest BCUT2D eigenvalue weighted by Crippen LogP contribution is 2.18. The molecule has 2 amide bonds. The molecule has 3 rings (SSSR count). The number of hydrogen-bond donors (Lipinski definition) is 2.